The van der Waals surface area contributed by atoms with Crippen LogP contribution in [0.5, 0.6) is 0 Å². The third-order valence-corrected chi connectivity index (χ3v) is 14.6. The average Bonchev–Trinajstić information content (AvgIpc) is 4.50. The maximum Gasteiger partial charge on any atom is 0.230 e. The first-order valence-electron chi connectivity index (χ1n) is 26.4. The molecule has 9 heterocycles. The predicted molar refractivity (Wildman–Crippen MR) is 307 cm³/mol. The normalized spacial score (nSPS) is 18.1. The van der Waals surface area contributed by atoms with Crippen LogP contribution in [0.1, 0.15) is 56.7 Å². The molecule has 12 rings (SSSR count). The molecular weight excluding hydrogens is 1020 g/mol. The number of carbonyl (C=O) groups excluding carboxylic acids is 3. The number of hydrogen-bond acceptors (Lipinski definition) is 18. The lowest BCUT2D eigenvalue weighted by Gasteiger charge is -2.10. The molecule has 6 unspecified atom stereocenters. The van der Waals surface area contributed by atoms with E-state index in [4.69, 9.17) is 33.0 Å². The number of anilines is 6. The van der Waals surface area contributed by atoms with Gasteiger partial charge in [0.2, 0.25) is 17.7 Å². The van der Waals surface area contributed by atoms with Crippen LogP contribution in [0, 0.1) is 69.5 Å². The summed E-state index contributed by atoms with van der Waals surface area (Å²) < 4.78 is 0. The Balaban J connectivity index is 0.000000136. The Morgan fingerprint density at radius 3 is 1.00 bits per heavy atom. The topological polar surface area (TPSA) is 353 Å². The molecule has 0 spiro atoms. The minimum atomic E-state index is -0.243. The Bertz CT molecular complexity index is 3680. The Kier molecular flexibility index (Phi) is 15.4. The van der Waals surface area contributed by atoms with Crippen LogP contribution in [0.25, 0.3) is 66.1 Å². The second kappa shape index (κ2) is 23.2. The SMILES string of the molecule is CCc1ccncc1-c1cc2cc(NC(=O)C3CC3C#N)ncc2c(N)n1.CCc1ccncc1-c1cc2cc(NC(=O)C3CC3C#N)ncc2c(N)n1.CCc1ccncc1-c1cc2cc(NC(=O)C3CC3C#N)ncc2c(N)n1. The minimum Gasteiger partial charge on any atom is -0.383 e. The lowest BCUT2D eigenvalue weighted by Crippen LogP contribution is -2.15. The van der Waals surface area contributed by atoms with Crippen molar-refractivity contribution >= 4 is 84.9 Å². The summed E-state index contributed by atoms with van der Waals surface area (Å²) in [6, 6.07) is 23.4. The smallest absolute Gasteiger partial charge is 0.230 e. The van der Waals surface area contributed by atoms with Gasteiger partial charge in [-0.1, -0.05) is 20.8 Å². The Hall–Kier alpha value is -10.6. The molecule has 0 aromatic carbocycles. The van der Waals surface area contributed by atoms with Gasteiger partial charge in [0.15, 0.2) is 0 Å². The predicted octanol–water partition coefficient (Wildman–Crippen LogP) is 8.80. The molecule has 3 fully saturated rings. The summed E-state index contributed by atoms with van der Waals surface area (Å²) in [6.45, 7) is 6.23. The first kappa shape index (κ1) is 53.8. The molecule has 9 aromatic rings. The van der Waals surface area contributed by atoms with Crippen molar-refractivity contribution in [3.05, 3.63) is 127 Å². The van der Waals surface area contributed by atoms with Gasteiger partial charge in [0.1, 0.15) is 34.9 Å². The maximum atomic E-state index is 12.2. The van der Waals surface area contributed by atoms with Crippen molar-refractivity contribution in [1.82, 2.24) is 44.9 Å². The maximum absolute atomic E-state index is 12.2. The lowest BCUT2D eigenvalue weighted by molar-refractivity contribution is -0.118. The number of nitriles is 3. The van der Waals surface area contributed by atoms with Gasteiger partial charge < -0.3 is 33.2 Å². The van der Waals surface area contributed by atoms with Gasteiger partial charge in [0.25, 0.3) is 0 Å². The fourth-order valence-corrected chi connectivity index (χ4v) is 9.57. The molecule has 0 aliphatic heterocycles. The summed E-state index contributed by atoms with van der Waals surface area (Å²) in [7, 11) is 0. The fraction of sp³-hybridized carbons (Fsp3) is 0.250. The highest BCUT2D eigenvalue weighted by Gasteiger charge is 2.45. The van der Waals surface area contributed by atoms with E-state index in [1.165, 1.54) is 0 Å². The van der Waals surface area contributed by atoms with E-state index in [9.17, 15) is 14.4 Å². The molecule has 21 heteroatoms. The number of aromatic nitrogens is 9. The molecule has 3 aliphatic rings. The molecule has 3 saturated carbocycles. The van der Waals surface area contributed by atoms with Crippen molar-refractivity contribution in [3.8, 4) is 52.0 Å². The Morgan fingerprint density at radius 2 is 0.753 bits per heavy atom. The quantitative estimate of drug-likeness (QED) is 0.0665. The third-order valence-electron chi connectivity index (χ3n) is 14.6. The van der Waals surface area contributed by atoms with E-state index >= 15 is 0 Å². The zero-order chi connectivity index (χ0) is 56.9. The minimum absolute atomic E-state index is 0.170. The first-order chi connectivity index (χ1) is 39.3. The molecular formula is C60H54N18O3. The summed E-state index contributed by atoms with van der Waals surface area (Å²) in [6.07, 6.45) is 19.9. The van der Waals surface area contributed by atoms with Crippen molar-refractivity contribution in [2.45, 2.75) is 59.3 Å². The van der Waals surface area contributed by atoms with Gasteiger partial charge in [-0.2, -0.15) is 15.8 Å². The number of nitrogen functional groups attached to an aromatic ring is 3. The molecule has 6 atom stereocenters. The van der Waals surface area contributed by atoms with Gasteiger partial charge in [-0.05, 0) is 126 Å². The van der Waals surface area contributed by atoms with E-state index < -0.39 is 0 Å². The number of pyridine rings is 9. The first-order valence-corrected chi connectivity index (χ1v) is 26.4. The van der Waals surface area contributed by atoms with Crippen molar-refractivity contribution in [3.63, 3.8) is 0 Å². The second-order valence-electron chi connectivity index (χ2n) is 19.9. The summed E-state index contributed by atoms with van der Waals surface area (Å²) in [5.74, 6) is 0.665. The largest absolute Gasteiger partial charge is 0.383 e. The molecule has 0 bridgehead atoms. The van der Waals surface area contributed by atoms with E-state index in [0.29, 0.717) is 54.2 Å². The summed E-state index contributed by atoms with van der Waals surface area (Å²) in [5.41, 5.74) is 26.8. The number of aryl methyl sites for hydroxylation is 3. The van der Waals surface area contributed by atoms with Gasteiger partial charge in [0, 0.05) is 88.6 Å². The van der Waals surface area contributed by atoms with Crippen molar-refractivity contribution < 1.29 is 14.4 Å². The second-order valence-corrected chi connectivity index (χ2v) is 19.9. The molecule has 9 aromatic heterocycles. The highest BCUT2D eigenvalue weighted by atomic mass is 16.2. The summed E-state index contributed by atoms with van der Waals surface area (Å²) in [4.78, 5) is 75.4. The van der Waals surface area contributed by atoms with Crippen LogP contribution < -0.4 is 33.2 Å². The van der Waals surface area contributed by atoms with Crippen molar-refractivity contribution in [2.24, 2.45) is 35.5 Å². The monoisotopic (exact) mass is 1070 g/mol. The zero-order valence-electron chi connectivity index (χ0n) is 44.4. The molecule has 0 saturated heterocycles. The van der Waals surface area contributed by atoms with E-state index in [-0.39, 0.29) is 53.2 Å². The van der Waals surface area contributed by atoms with Gasteiger partial charge in [-0.3, -0.25) is 29.3 Å². The molecule has 3 amide bonds. The van der Waals surface area contributed by atoms with Crippen LogP contribution in [-0.4, -0.2) is 62.6 Å². The van der Waals surface area contributed by atoms with Crippen LogP contribution in [0.4, 0.5) is 34.9 Å². The van der Waals surface area contributed by atoms with Crippen LogP contribution in [0.15, 0.2) is 110 Å². The number of fused-ring (bicyclic) bond motifs is 3. The number of nitrogens with one attached hydrogen (secondary N) is 3. The van der Waals surface area contributed by atoms with Gasteiger partial charge >= 0.3 is 0 Å². The molecule has 21 nitrogen and oxygen atoms in total. The molecule has 9 N–H and O–H groups in total. The molecule has 81 heavy (non-hydrogen) atoms. The number of nitrogens with two attached hydrogens (primary N) is 3. The molecule has 3 aliphatic carbocycles. The highest BCUT2D eigenvalue weighted by Crippen LogP contribution is 2.41. The van der Waals surface area contributed by atoms with Gasteiger partial charge in [-0.25, -0.2) is 29.9 Å². The lowest BCUT2D eigenvalue weighted by atomic mass is 10.0. The average molecular weight is 1080 g/mol. The van der Waals surface area contributed by atoms with E-state index in [1.807, 2.05) is 36.4 Å². The number of amides is 3. The van der Waals surface area contributed by atoms with Gasteiger partial charge in [-0.15, -0.1) is 0 Å². The number of hydrogen-bond donors (Lipinski definition) is 6. The Labute approximate surface area is 465 Å². The van der Waals surface area contributed by atoms with Crippen molar-refractivity contribution in [1.29, 1.82) is 15.8 Å². The van der Waals surface area contributed by atoms with E-state index in [2.05, 4.69) is 99.8 Å². The van der Waals surface area contributed by atoms with Crippen LogP contribution in [0.3, 0.4) is 0 Å². The molecule has 402 valence electrons. The van der Waals surface area contributed by atoms with Gasteiger partial charge in [0.05, 0.1) is 70.8 Å². The number of rotatable bonds is 12. The van der Waals surface area contributed by atoms with E-state index in [0.717, 1.165) is 102 Å². The standard InChI is InChI=1S/3C20H18N6O/c3*1-2-11-3-4-23-9-15(11)17-6-12-7-18(24-10-16(12)19(22)25-17)26-20(27)14-5-13(14)8-21/h3*3-4,6-7,9-10,13-14H,2,5H2,1H3,(H2,22,25)(H,24,26,27). The van der Waals surface area contributed by atoms with E-state index in [1.54, 1.807) is 74.0 Å². The molecule has 0 radical (unpaired) electrons. The zero-order valence-corrected chi connectivity index (χ0v) is 44.4. The van der Waals surface area contributed by atoms with Crippen LogP contribution in [-0.2, 0) is 33.6 Å². The summed E-state index contributed by atoms with van der Waals surface area (Å²) in [5, 5.41) is 39.7. The van der Waals surface area contributed by atoms with Crippen LogP contribution in [0.2, 0.25) is 0 Å². The van der Waals surface area contributed by atoms with Crippen molar-refractivity contribution in [2.75, 3.05) is 33.2 Å². The number of carbonyl (C=O) groups is 3. The summed E-state index contributed by atoms with van der Waals surface area (Å²) >= 11 is 0. The number of nitrogens with zero attached hydrogens (tertiary/aromatic N) is 12. The van der Waals surface area contributed by atoms with Crippen LogP contribution >= 0.6 is 0 Å². The third kappa shape index (κ3) is 11.8. The fourth-order valence-electron chi connectivity index (χ4n) is 9.57. The highest BCUT2D eigenvalue weighted by molar-refractivity contribution is 6.01. The Morgan fingerprint density at radius 1 is 0.469 bits per heavy atom.